The third kappa shape index (κ3) is 3.26. The monoisotopic (exact) mass is 262 g/mol. The number of nitrogens with one attached hydrogen (secondary N) is 1. The Morgan fingerprint density at radius 1 is 1.21 bits per heavy atom. The zero-order valence-electron chi connectivity index (χ0n) is 12.5. The van der Waals surface area contributed by atoms with Gasteiger partial charge in [-0.3, -0.25) is 4.79 Å². The van der Waals surface area contributed by atoms with Crippen LogP contribution >= 0.6 is 0 Å². The summed E-state index contributed by atoms with van der Waals surface area (Å²) in [7, 11) is 0. The molecule has 1 aliphatic carbocycles. The van der Waals surface area contributed by atoms with Gasteiger partial charge in [-0.2, -0.15) is 0 Å². The summed E-state index contributed by atoms with van der Waals surface area (Å²) >= 11 is 0. The van der Waals surface area contributed by atoms with Crippen LogP contribution in [0.15, 0.2) is 4.79 Å². The predicted octanol–water partition coefficient (Wildman–Crippen LogP) is 3.71. The number of aromatic nitrogens is 2. The fraction of sp³-hybridized carbons (Fsp3) is 0.750. The molecule has 1 aliphatic rings. The Morgan fingerprint density at radius 2 is 1.89 bits per heavy atom. The molecule has 3 nitrogen and oxygen atoms in total. The van der Waals surface area contributed by atoms with Crippen LogP contribution in [0.4, 0.5) is 0 Å². The Kier molecular flexibility index (Phi) is 4.78. The van der Waals surface area contributed by atoms with Crippen molar-refractivity contribution >= 4 is 0 Å². The average Bonchev–Trinajstić information content (AvgIpc) is 2.39. The van der Waals surface area contributed by atoms with Crippen molar-refractivity contribution in [1.29, 1.82) is 0 Å². The molecule has 1 aromatic heterocycles. The van der Waals surface area contributed by atoms with Gasteiger partial charge in [0, 0.05) is 17.2 Å². The topological polar surface area (TPSA) is 45.8 Å². The second kappa shape index (κ2) is 6.36. The lowest BCUT2D eigenvalue weighted by Gasteiger charge is -2.27. The summed E-state index contributed by atoms with van der Waals surface area (Å²) in [6.07, 6.45) is 8.33. The quantitative estimate of drug-likeness (QED) is 0.899. The van der Waals surface area contributed by atoms with Gasteiger partial charge in [0.15, 0.2) is 0 Å². The molecule has 0 radical (unpaired) electrons. The zero-order valence-corrected chi connectivity index (χ0v) is 12.5. The second-order valence-electron chi connectivity index (χ2n) is 5.88. The molecule has 1 heterocycles. The van der Waals surface area contributed by atoms with Gasteiger partial charge < -0.3 is 4.98 Å². The van der Waals surface area contributed by atoms with E-state index in [-0.39, 0.29) is 5.56 Å². The summed E-state index contributed by atoms with van der Waals surface area (Å²) in [6.45, 7) is 6.23. The highest BCUT2D eigenvalue weighted by atomic mass is 16.1. The molecule has 0 saturated heterocycles. The molecule has 3 heteroatoms. The minimum Gasteiger partial charge on any atom is -0.310 e. The van der Waals surface area contributed by atoms with Crippen molar-refractivity contribution < 1.29 is 0 Å². The summed E-state index contributed by atoms with van der Waals surface area (Å²) in [4.78, 5) is 19.7. The minimum absolute atomic E-state index is 0.0701. The molecule has 19 heavy (non-hydrogen) atoms. The Hall–Kier alpha value is -1.12. The van der Waals surface area contributed by atoms with Crippen molar-refractivity contribution in [2.75, 3.05) is 0 Å². The number of hydrogen-bond donors (Lipinski definition) is 1. The van der Waals surface area contributed by atoms with E-state index in [1.807, 2.05) is 13.8 Å². The summed E-state index contributed by atoms with van der Waals surface area (Å²) in [5.74, 6) is 2.28. The van der Waals surface area contributed by atoms with Crippen molar-refractivity contribution in [2.45, 2.75) is 71.6 Å². The van der Waals surface area contributed by atoms with Crippen molar-refractivity contribution in [3.8, 4) is 0 Å². The van der Waals surface area contributed by atoms with Crippen LogP contribution in [0.3, 0.4) is 0 Å². The highest BCUT2D eigenvalue weighted by molar-refractivity contribution is 5.17. The molecule has 0 aliphatic heterocycles. The van der Waals surface area contributed by atoms with Crippen LogP contribution in [-0.4, -0.2) is 9.97 Å². The van der Waals surface area contributed by atoms with E-state index in [9.17, 15) is 4.79 Å². The van der Waals surface area contributed by atoms with Gasteiger partial charge in [0.25, 0.3) is 5.56 Å². The van der Waals surface area contributed by atoms with Crippen molar-refractivity contribution in [1.82, 2.24) is 9.97 Å². The highest BCUT2D eigenvalue weighted by Crippen LogP contribution is 2.35. The van der Waals surface area contributed by atoms with E-state index >= 15 is 0 Å². The van der Waals surface area contributed by atoms with Crippen LogP contribution in [-0.2, 0) is 6.42 Å². The van der Waals surface area contributed by atoms with Crippen LogP contribution in [0, 0.1) is 12.8 Å². The second-order valence-corrected chi connectivity index (χ2v) is 5.88. The first kappa shape index (κ1) is 14.3. The third-order valence-electron chi connectivity index (χ3n) is 4.52. The van der Waals surface area contributed by atoms with E-state index in [1.165, 1.54) is 38.5 Å². The van der Waals surface area contributed by atoms with E-state index in [2.05, 4.69) is 16.9 Å². The Bertz CT molecular complexity index is 470. The number of hydrogen-bond acceptors (Lipinski definition) is 2. The number of H-pyrrole nitrogens is 1. The lowest BCUT2D eigenvalue weighted by molar-refractivity contribution is 0.301. The molecular formula is C16H26N2O. The largest absolute Gasteiger partial charge is 0.310 e. The van der Waals surface area contributed by atoms with Gasteiger partial charge in [0.2, 0.25) is 0 Å². The number of nitrogens with zero attached hydrogens (tertiary/aromatic N) is 1. The summed E-state index contributed by atoms with van der Waals surface area (Å²) in [6, 6.07) is 0. The molecule has 0 spiro atoms. The van der Waals surface area contributed by atoms with E-state index in [1.54, 1.807) is 0 Å². The maximum atomic E-state index is 12.0. The SMILES string of the molecule is CCCC1CCC(c2nc(C)c(CC)c(=O)[nH]2)CC1. The standard InChI is InChI=1S/C16H26N2O/c1-4-6-12-7-9-13(10-8-12)15-17-11(3)14(5-2)16(19)18-15/h12-13H,4-10H2,1-3H3,(H,17,18,19). The molecule has 106 valence electrons. The van der Waals surface area contributed by atoms with Gasteiger partial charge in [-0.15, -0.1) is 0 Å². The van der Waals surface area contributed by atoms with Gasteiger partial charge in [-0.1, -0.05) is 26.7 Å². The maximum Gasteiger partial charge on any atom is 0.254 e. The maximum absolute atomic E-state index is 12.0. The average molecular weight is 262 g/mol. The third-order valence-corrected chi connectivity index (χ3v) is 4.52. The van der Waals surface area contributed by atoms with Crippen LogP contribution in [0.25, 0.3) is 0 Å². The highest BCUT2D eigenvalue weighted by Gasteiger charge is 2.24. The van der Waals surface area contributed by atoms with Gasteiger partial charge in [0.05, 0.1) is 0 Å². The van der Waals surface area contributed by atoms with Gasteiger partial charge >= 0.3 is 0 Å². The lowest BCUT2D eigenvalue weighted by Crippen LogP contribution is -2.22. The van der Waals surface area contributed by atoms with Crippen LogP contribution in [0.2, 0.25) is 0 Å². The van der Waals surface area contributed by atoms with Gasteiger partial charge in [0.1, 0.15) is 5.82 Å². The molecule has 1 saturated carbocycles. The predicted molar refractivity (Wildman–Crippen MR) is 78.6 cm³/mol. The van der Waals surface area contributed by atoms with Crippen LogP contribution in [0.5, 0.6) is 0 Å². The molecule has 0 bridgehead atoms. The summed E-state index contributed by atoms with van der Waals surface area (Å²) in [5, 5.41) is 0. The van der Waals surface area contributed by atoms with Crippen LogP contribution in [0.1, 0.15) is 75.4 Å². The first-order chi connectivity index (χ1) is 9.15. The molecule has 0 amide bonds. The Morgan fingerprint density at radius 3 is 2.42 bits per heavy atom. The smallest absolute Gasteiger partial charge is 0.254 e. The van der Waals surface area contributed by atoms with Crippen molar-refractivity contribution in [3.63, 3.8) is 0 Å². The summed E-state index contributed by atoms with van der Waals surface area (Å²) < 4.78 is 0. The zero-order chi connectivity index (χ0) is 13.8. The molecule has 0 unspecified atom stereocenters. The molecule has 0 atom stereocenters. The van der Waals surface area contributed by atoms with Crippen molar-refractivity contribution in [3.05, 3.63) is 27.4 Å². The summed E-state index contributed by atoms with van der Waals surface area (Å²) in [5.41, 5.74) is 1.82. The first-order valence-electron chi connectivity index (χ1n) is 7.75. The van der Waals surface area contributed by atoms with E-state index in [4.69, 9.17) is 0 Å². The molecule has 0 aromatic carbocycles. The molecular weight excluding hydrogens is 236 g/mol. The van der Waals surface area contributed by atoms with E-state index in [0.717, 1.165) is 29.4 Å². The first-order valence-corrected chi connectivity index (χ1v) is 7.75. The molecule has 2 rings (SSSR count). The van der Waals surface area contributed by atoms with E-state index < -0.39 is 0 Å². The molecule has 1 fully saturated rings. The molecule has 1 N–H and O–H groups in total. The van der Waals surface area contributed by atoms with Gasteiger partial charge in [-0.25, -0.2) is 4.98 Å². The fourth-order valence-electron chi connectivity index (χ4n) is 3.37. The number of aryl methyl sites for hydroxylation is 1. The normalized spacial score (nSPS) is 23.5. The van der Waals surface area contributed by atoms with E-state index in [0.29, 0.717) is 5.92 Å². The Labute approximate surface area is 115 Å². The number of rotatable bonds is 4. The fourth-order valence-corrected chi connectivity index (χ4v) is 3.37. The van der Waals surface area contributed by atoms with Gasteiger partial charge in [-0.05, 0) is 44.9 Å². The lowest BCUT2D eigenvalue weighted by atomic mass is 9.79. The minimum atomic E-state index is 0.0701. The number of aromatic amines is 1. The van der Waals surface area contributed by atoms with Crippen molar-refractivity contribution in [2.24, 2.45) is 5.92 Å². The van der Waals surface area contributed by atoms with Crippen LogP contribution < -0.4 is 5.56 Å². The Balaban J connectivity index is 2.10. The molecule has 1 aromatic rings.